The number of hydrogen-bond donors (Lipinski definition) is 0. The van der Waals surface area contributed by atoms with Gasteiger partial charge in [-0.2, -0.15) is 4.31 Å². The zero-order chi connectivity index (χ0) is 26.4. The van der Waals surface area contributed by atoms with E-state index in [1.165, 1.54) is 43.3 Å². The topological polar surface area (TPSA) is 128 Å². The lowest BCUT2D eigenvalue weighted by Crippen LogP contribution is -2.37. The van der Waals surface area contributed by atoms with E-state index in [1.807, 2.05) is 0 Å². The molecule has 0 unspecified atom stereocenters. The molecule has 1 aromatic heterocycles. The van der Waals surface area contributed by atoms with Crippen LogP contribution in [-0.2, 0) is 10.0 Å². The number of furan rings is 1. The van der Waals surface area contributed by atoms with Crippen molar-refractivity contribution in [1.82, 2.24) is 0 Å². The highest BCUT2D eigenvalue weighted by Gasteiger charge is 2.35. The van der Waals surface area contributed by atoms with Gasteiger partial charge >= 0.3 is 0 Å². The SMILES string of the molecule is CC(=O)c1c(C)oc2ccc(N(C(=O)c3ccccc3Cl)S(=O)(=O)c3ccc(Cl)c([N+](=O)[O-])c3)cc12. The maximum atomic E-state index is 13.8. The molecular formula is C24H16Cl2N2O7S. The monoisotopic (exact) mass is 546 g/mol. The van der Waals surface area contributed by atoms with E-state index in [1.54, 1.807) is 13.0 Å². The van der Waals surface area contributed by atoms with Gasteiger partial charge in [-0.05, 0) is 56.3 Å². The Bertz CT molecular complexity index is 1680. The smallest absolute Gasteiger partial charge is 0.289 e. The van der Waals surface area contributed by atoms with E-state index in [4.69, 9.17) is 27.6 Å². The Hall–Kier alpha value is -3.73. The van der Waals surface area contributed by atoms with Gasteiger partial charge in [-0.15, -0.1) is 0 Å². The minimum atomic E-state index is -4.74. The summed E-state index contributed by atoms with van der Waals surface area (Å²) in [6.45, 7) is 2.92. The lowest BCUT2D eigenvalue weighted by Gasteiger charge is -2.23. The van der Waals surface area contributed by atoms with Crippen molar-refractivity contribution in [2.24, 2.45) is 0 Å². The van der Waals surface area contributed by atoms with Crippen molar-refractivity contribution in [3.8, 4) is 0 Å². The highest BCUT2D eigenvalue weighted by Crippen LogP contribution is 2.35. The number of Topliss-reactive ketones (excluding diaryl/α,β-unsaturated/α-hetero) is 1. The Labute approximate surface area is 215 Å². The number of nitrogens with zero attached hydrogens (tertiary/aromatic N) is 2. The van der Waals surface area contributed by atoms with Crippen LogP contribution in [0.1, 0.15) is 33.4 Å². The van der Waals surface area contributed by atoms with Crippen molar-refractivity contribution in [3.05, 3.63) is 97.7 Å². The van der Waals surface area contributed by atoms with Crippen molar-refractivity contribution in [2.75, 3.05) is 4.31 Å². The molecule has 0 aliphatic rings. The van der Waals surface area contributed by atoms with Gasteiger partial charge in [-0.1, -0.05) is 35.3 Å². The molecule has 0 saturated heterocycles. The molecule has 36 heavy (non-hydrogen) atoms. The van der Waals surface area contributed by atoms with Crippen LogP contribution in [0.15, 0.2) is 70.0 Å². The first-order valence-electron chi connectivity index (χ1n) is 10.3. The molecule has 0 spiro atoms. The van der Waals surface area contributed by atoms with Crippen molar-refractivity contribution >= 4 is 67.3 Å². The molecule has 4 aromatic rings. The van der Waals surface area contributed by atoms with Gasteiger partial charge in [0.15, 0.2) is 5.78 Å². The van der Waals surface area contributed by atoms with E-state index in [0.717, 1.165) is 18.2 Å². The molecule has 0 aliphatic carbocycles. The number of fused-ring (bicyclic) bond motifs is 1. The fraction of sp³-hybridized carbons (Fsp3) is 0.0833. The van der Waals surface area contributed by atoms with Crippen molar-refractivity contribution in [2.45, 2.75) is 18.7 Å². The summed E-state index contributed by atoms with van der Waals surface area (Å²) >= 11 is 12.0. The predicted octanol–water partition coefficient (Wildman–Crippen LogP) is 6.19. The number of amides is 1. The number of aryl methyl sites for hydroxylation is 1. The molecule has 0 bridgehead atoms. The minimum Gasteiger partial charge on any atom is -0.461 e. The molecule has 3 aromatic carbocycles. The van der Waals surface area contributed by atoms with Crippen molar-refractivity contribution < 1.29 is 27.3 Å². The van der Waals surface area contributed by atoms with E-state index in [-0.39, 0.29) is 32.6 Å². The first-order valence-corrected chi connectivity index (χ1v) is 12.4. The van der Waals surface area contributed by atoms with E-state index < -0.39 is 31.4 Å². The number of carbonyl (C=O) groups is 2. The number of hydrogen-bond acceptors (Lipinski definition) is 7. The van der Waals surface area contributed by atoms with E-state index >= 15 is 0 Å². The third-order valence-corrected chi connectivity index (χ3v) is 7.73. The number of nitro benzene ring substituents is 1. The van der Waals surface area contributed by atoms with E-state index in [9.17, 15) is 28.1 Å². The number of sulfonamides is 1. The molecule has 0 N–H and O–H groups in total. The molecule has 12 heteroatoms. The van der Waals surface area contributed by atoms with Gasteiger partial charge in [-0.3, -0.25) is 19.7 Å². The second-order valence-corrected chi connectivity index (χ2v) is 10.3. The van der Waals surface area contributed by atoms with Crippen molar-refractivity contribution in [3.63, 3.8) is 0 Å². The van der Waals surface area contributed by atoms with E-state index in [0.29, 0.717) is 21.0 Å². The maximum absolute atomic E-state index is 13.8. The van der Waals surface area contributed by atoms with E-state index in [2.05, 4.69) is 0 Å². The number of anilines is 1. The number of carbonyl (C=O) groups excluding carboxylic acids is 2. The third-order valence-electron chi connectivity index (χ3n) is 5.38. The van der Waals surface area contributed by atoms with Crippen LogP contribution < -0.4 is 4.31 Å². The Morgan fingerprint density at radius 3 is 2.33 bits per heavy atom. The van der Waals surface area contributed by atoms with Crippen LogP contribution in [-0.4, -0.2) is 25.0 Å². The van der Waals surface area contributed by atoms with Crippen LogP contribution in [0.25, 0.3) is 11.0 Å². The average molecular weight is 547 g/mol. The maximum Gasteiger partial charge on any atom is 0.289 e. The Balaban J connectivity index is 2.00. The van der Waals surface area contributed by atoms with Crippen LogP contribution in [0, 0.1) is 17.0 Å². The van der Waals surface area contributed by atoms with Gasteiger partial charge in [0.05, 0.1) is 31.7 Å². The van der Waals surface area contributed by atoms with Crippen LogP contribution in [0.5, 0.6) is 0 Å². The largest absolute Gasteiger partial charge is 0.461 e. The summed E-state index contributed by atoms with van der Waals surface area (Å²) in [5, 5.41) is 11.4. The zero-order valence-electron chi connectivity index (χ0n) is 18.7. The summed E-state index contributed by atoms with van der Waals surface area (Å²) in [6, 6.07) is 12.8. The van der Waals surface area contributed by atoms with Crippen LogP contribution in [0.2, 0.25) is 10.0 Å². The summed E-state index contributed by atoms with van der Waals surface area (Å²) < 4.78 is 33.7. The van der Waals surface area contributed by atoms with Gasteiger partial charge in [0.1, 0.15) is 16.4 Å². The average Bonchev–Trinajstić information content (AvgIpc) is 3.14. The molecule has 0 atom stereocenters. The lowest BCUT2D eigenvalue weighted by molar-refractivity contribution is -0.384. The third kappa shape index (κ3) is 4.34. The number of rotatable bonds is 6. The lowest BCUT2D eigenvalue weighted by atomic mass is 10.1. The second kappa shape index (κ2) is 9.38. The summed E-state index contributed by atoms with van der Waals surface area (Å²) in [7, 11) is -4.74. The van der Waals surface area contributed by atoms with Gasteiger partial charge in [-0.25, -0.2) is 8.42 Å². The molecule has 184 valence electrons. The second-order valence-electron chi connectivity index (χ2n) is 7.69. The van der Waals surface area contributed by atoms with Gasteiger partial charge in [0, 0.05) is 11.5 Å². The Kier molecular flexibility index (Phi) is 6.61. The normalized spacial score (nSPS) is 11.4. The molecule has 0 saturated carbocycles. The summed E-state index contributed by atoms with van der Waals surface area (Å²) in [4.78, 5) is 35.9. The molecule has 0 radical (unpaired) electrons. The molecule has 0 fully saturated rings. The fourth-order valence-electron chi connectivity index (χ4n) is 3.78. The summed E-state index contributed by atoms with van der Waals surface area (Å²) in [5.41, 5.74) is -0.361. The molecule has 4 rings (SSSR count). The van der Waals surface area contributed by atoms with Crippen molar-refractivity contribution in [1.29, 1.82) is 0 Å². The van der Waals surface area contributed by atoms with Gasteiger partial charge < -0.3 is 4.42 Å². The quantitative estimate of drug-likeness (QED) is 0.160. The molecule has 1 heterocycles. The Morgan fingerprint density at radius 2 is 1.69 bits per heavy atom. The van der Waals surface area contributed by atoms with Crippen LogP contribution >= 0.6 is 23.2 Å². The zero-order valence-corrected chi connectivity index (χ0v) is 21.0. The van der Waals surface area contributed by atoms with Gasteiger partial charge in [0.2, 0.25) is 0 Å². The predicted molar refractivity (Wildman–Crippen MR) is 135 cm³/mol. The Morgan fingerprint density at radius 1 is 1.00 bits per heavy atom. The minimum absolute atomic E-state index is 0.00514. The van der Waals surface area contributed by atoms with Gasteiger partial charge in [0.25, 0.3) is 21.6 Å². The number of benzene rings is 3. The number of halogens is 2. The number of nitro groups is 1. The highest BCUT2D eigenvalue weighted by molar-refractivity contribution is 7.93. The standard InChI is InChI=1S/C24H16Cl2N2O7S/c1-13(29)23-14(2)35-22-10-7-15(11-18(22)23)27(24(30)17-5-3-4-6-19(17)25)36(33,34)16-8-9-20(26)21(12-16)28(31)32/h3-12H,1-2H3. The van der Waals surface area contributed by atoms with Crippen LogP contribution in [0.3, 0.4) is 0 Å². The fourth-order valence-corrected chi connectivity index (χ4v) is 5.60. The van der Waals surface area contributed by atoms with Crippen LogP contribution in [0.4, 0.5) is 11.4 Å². The summed E-state index contributed by atoms with van der Waals surface area (Å²) in [5.74, 6) is -1.000. The molecule has 9 nitrogen and oxygen atoms in total. The summed E-state index contributed by atoms with van der Waals surface area (Å²) in [6.07, 6.45) is 0. The molecule has 0 aliphatic heterocycles. The first kappa shape index (κ1) is 25.4. The highest BCUT2D eigenvalue weighted by atomic mass is 35.5. The number of ketones is 1. The molecule has 1 amide bonds. The molecular weight excluding hydrogens is 531 g/mol. The first-order chi connectivity index (χ1) is 16.9.